The number of carbonyl (C=O) groups is 1. The minimum absolute atomic E-state index is 0.0717. The Morgan fingerprint density at radius 2 is 1.50 bits per heavy atom. The van der Waals surface area contributed by atoms with E-state index >= 15 is 0 Å². The first kappa shape index (κ1) is 30.2. The predicted molar refractivity (Wildman–Crippen MR) is 170 cm³/mol. The number of nitrogens with one attached hydrogen (secondary N) is 1. The van der Waals surface area contributed by atoms with Gasteiger partial charge in [-0.25, -0.2) is 5.43 Å². The van der Waals surface area contributed by atoms with Crippen LogP contribution in [0.4, 0.5) is 0 Å². The van der Waals surface area contributed by atoms with Crippen LogP contribution < -0.4 is 24.4 Å². The highest BCUT2D eigenvalue weighted by molar-refractivity contribution is 7.99. The van der Waals surface area contributed by atoms with E-state index in [0.29, 0.717) is 40.6 Å². The van der Waals surface area contributed by atoms with Crippen LogP contribution >= 0.6 is 11.8 Å². The van der Waals surface area contributed by atoms with Gasteiger partial charge < -0.3 is 18.9 Å². The monoisotopic (exact) mass is 609 g/mol. The SMILES string of the molecule is COc1ccc(-c2nnc(SCC(=O)N/N=C/c3ccc(OC)c(OCc4ccccc4)c3)n2-c2ccccc2)cc1OC. The lowest BCUT2D eigenvalue weighted by Crippen LogP contribution is -2.20. The molecule has 0 radical (unpaired) electrons. The molecule has 0 saturated carbocycles. The fourth-order valence-corrected chi connectivity index (χ4v) is 5.04. The number of rotatable bonds is 13. The van der Waals surface area contributed by atoms with E-state index in [4.69, 9.17) is 18.9 Å². The van der Waals surface area contributed by atoms with E-state index in [9.17, 15) is 4.79 Å². The van der Waals surface area contributed by atoms with Crippen molar-refractivity contribution in [1.29, 1.82) is 0 Å². The molecule has 0 bridgehead atoms. The Kier molecular flexibility index (Phi) is 10.1. The highest BCUT2D eigenvalue weighted by atomic mass is 32.2. The molecule has 0 saturated heterocycles. The van der Waals surface area contributed by atoms with Crippen molar-refractivity contribution in [3.8, 4) is 40.1 Å². The molecule has 44 heavy (non-hydrogen) atoms. The second kappa shape index (κ2) is 14.7. The second-order valence-electron chi connectivity index (χ2n) is 9.31. The van der Waals surface area contributed by atoms with Gasteiger partial charge >= 0.3 is 0 Å². The summed E-state index contributed by atoms with van der Waals surface area (Å²) in [4.78, 5) is 12.7. The number of hydrogen-bond donors (Lipinski definition) is 1. The normalized spacial score (nSPS) is 10.9. The zero-order valence-electron chi connectivity index (χ0n) is 24.5. The highest BCUT2D eigenvalue weighted by Crippen LogP contribution is 2.34. The van der Waals surface area contributed by atoms with E-state index in [1.165, 1.54) is 11.8 Å². The van der Waals surface area contributed by atoms with Crippen molar-refractivity contribution in [2.24, 2.45) is 5.10 Å². The number of nitrogens with zero attached hydrogens (tertiary/aromatic N) is 4. The van der Waals surface area contributed by atoms with E-state index in [1.54, 1.807) is 33.6 Å². The molecule has 0 aliphatic heterocycles. The molecule has 1 N–H and O–H groups in total. The topological polar surface area (TPSA) is 109 Å². The zero-order chi connectivity index (χ0) is 30.7. The number of para-hydroxylation sites is 1. The van der Waals surface area contributed by atoms with Crippen molar-refractivity contribution in [2.45, 2.75) is 11.8 Å². The van der Waals surface area contributed by atoms with Gasteiger partial charge in [0.25, 0.3) is 5.91 Å². The average Bonchev–Trinajstić information content (AvgIpc) is 3.51. The molecule has 0 unspecified atom stereocenters. The third kappa shape index (κ3) is 7.37. The van der Waals surface area contributed by atoms with Crippen molar-refractivity contribution in [1.82, 2.24) is 20.2 Å². The Morgan fingerprint density at radius 3 is 2.23 bits per heavy atom. The minimum Gasteiger partial charge on any atom is -0.493 e. The third-order valence-electron chi connectivity index (χ3n) is 6.45. The molecule has 4 aromatic carbocycles. The minimum atomic E-state index is -0.296. The summed E-state index contributed by atoms with van der Waals surface area (Å²) in [5.74, 6) is 2.74. The number of methoxy groups -OCH3 is 3. The summed E-state index contributed by atoms with van der Waals surface area (Å²) in [5.41, 5.74) is 6.00. The lowest BCUT2D eigenvalue weighted by atomic mass is 10.2. The van der Waals surface area contributed by atoms with Gasteiger partial charge in [0.05, 0.1) is 33.3 Å². The largest absolute Gasteiger partial charge is 0.493 e. The van der Waals surface area contributed by atoms with E-state index in [-0.39, 0.29) is 11.7 Å². The Morgan fingerprint density at radius 1 is 0.818 bits per heavy atom. The first-order valence-corrected chi connectivity index (χ1v) is 14.6. The van der Waals surface area contributed by atoms with E-state index in [1.807, 2.05) is 95.6 Å². The fourth-order valence-electron chi connectivity index (χ4n) is 4.30. The van der Waals surface area contributed by atoms with Crippen LogP contribution in [0.2, 0.25) is 0 Å². The number of aromatic nitrogens is 3. The van der Waals surface area contributed by atoms with Gasteiger partial charge in [-0.2, -0.15) is 5.10 Å². The number of amides is 1. The van der Waals surface area contributed by atoms with Crippen LogP contribution in [0.3, 0.4) is 0 Å². The highest BCUT2D eigenvalue weighted by Gasteiger charge is 2.19. The number of carbonyl (C=O) groups excluding carboxylic acids is 1. The molecule has 0 aliphatic carbocycles. The summed E-state index contributed by atoms with van der Waals surface area (Å²) >= 11 is 1.25. The van der Waals surface area contributed by atoms with E-state index in [0.717, 1.165) is 22.4 Å². The Labute approximate surface area is 259 Å². The molecule has 5 aromatic rings. The lowest BCUT2D eigenvalue weighted by molar-refractivity contribution is -0.118. The summed E-state index contributed by atoms with van der Waals surface area (Å²) < 4.78 is 24.2. The maximum Gasteiger partial charge on any atom is 0.250 e. The van der Waals surface area contributed by atoms with E-state index in [2.05, 4.69) is 20.7 Å². The third-order valence-corrected chi connectivity index (χ3v) is 7.38. The maximum absolute atomic E-state index is 12.7. The summed E-state index contributed by atoms with van der Waals surface area (Å²) in [6.07, 6.45) is 1.55. The average molecular weight is 610 g/mol. The van der Waals surface area contributed by atoms with Crippen molar-refractivity contribution >= 4 is 23.9 Å². The summed E-state index contributed by atoms with van der Waals surface area (Å²) in [7, 11) is 4.76. The number of ether oxygens (including phenoxy) is 4. The molecule has 1 heterocycles. The number of thioether (sulfide) groups is 1. The van der Waals surface area contributed by atoms with Gasteiger partial charge in [-0.3, -0.25) is 9.36 Å². The molecular formula is C33H31N5O5S. The Bertz CT molecular complexity index is 1730. The van der Waals surface area contributed by atoms with Gasteiger partial charge in [0.15, 0.2) is 34.0 Å². The summed E-state index contributed by atoms with van der Waals surface area (Å²) in [5, 5.41) is 13.5. The molecule has 0 spiro atoms. The fraction of sp³-hybridized carbons (Fsp3) is 0.152. The van der Waals surface area contributed by atoms with Gasteiger partial charge in [-0.1, -0.05) is 60.3 Å². The zero-order valence-corrected chi connectivity index (χ0v) is 25.3. The van der Waals surface area contributed by atoms with Gasteiger partial charge in [0, 0.05) is 11.3 Å². The van der Waals surface area contributed by atoms with Crippen LogP contribution in [0, 0.1) is 0 Å². The molecule has 224 valence electrons. The van der Waals surface area contributed by atoms with Crippen LogP contribution in [0.25, 0.3) is 17.1 Å². The van der Waals surface area contributed by atoms with Crippen molar-refractivity contribution in [2.75, 3.05) is 27.1 Å². The lowest BCUT2D eigenvalue weighted by Gasteiger charge is -2.12. The molecule has 1 aromatic heterocycles. The molecule has 11 heteroatoms. The molecule has 0 fully saturated rings. The van der Waals surface area contributed by atoms with Crippen molar-refractivity contribution < 1.29 is 23.7 Å². The molecule has 5 rings (SSSR count). The molecule has 0 atom stereocenters. The molecule has 0 aliphatic rings. The second-order valence-corrected chi connectivity index (χ2v) is 10.3. The molecular weight excluding hydrogens is 578 g/mol. The summed E-state index contributed by atoms with van der Waals surface area (Å²) in [6.45, 7) is 0.396. The number of hydrazone groups is 1. The smallest absolute Gasteiger partial charge is 0.250 e. The predicted octanol–water partition coefficient (Wildman–Crippen LogP) is 5.78. The van der Waals surface area contributed by atoms with Crippen LogP contribution in [-0.4, -0.2) is 54.0 Å². The first-order chi connectivity index (χ1) is 21.6. The maximum atomic E-state index is 12.7. The summed E-state index contributed by atoms with van der Waals surface area (Å²) in [6, 6.07) is 30.5. The molecule has 1 amide bonds. The van der Waals surface area contributed by atoms with Gasteiger partial charge in [0.1, 0.15) is 6.61 Å². The van der Waals surface area contributed by atoms with Crippen LogP contribution in [0.1, 0.15) is 11.1 Å². The van der Waals surface area contributed by atoms with Crippen LogP contribution in [-0.2, 0) is 11.4 Å². The Balaban J connectivity index is 1.26. The van der Waals surface area contributed by atoms with E-state index < -0.39 is 0 Å². The Hall–Kier alpha value is -5.29. The number of benzene rings is 4. The van der Waals surface area contributed by atoms with Gasteiger partial charge in [-0.05, 0) is 59.7 Å². The van der Waals surface area contributed by atoms with Gasteiger partial charge in [0.2, 0.25) is 0 Å². The van der Waals surface area contributed by atoms with Crippen molar-refractivity contribution in [3.05, 3.63) is 108 Å². The number of hydrogen-bond acceptors (Lipinski definition) is 9. The quantitative estimate of drug-likeness (QED) is 0.102. The van der Waals surface area contributed by atoms with Gasteiger partial charge in [-0.15, -0.1) is 10.2 Å². The van der Waals surface area contributed by atoms with Crippen molar-refractivity contribution in [3.63, 3.8) is 0 Å². The first-order valence-electron chi connectivity index (χ1n) is 13.6. The molecule has 10 nitrogen and oxygen atoms in total. The van der Waals surface area contributed by atoms with Crippen LogP contribution in [0.15, 0.2) is 107 Å². The van der Waals surface area contributed by atoms with Crippen LogP contribution in [0.5, 0.6) is 23.0 Å². The standard InChI is InChI=1S/C33H31N5O5S/c1-40-27-17-15-25(19-29(27)42-3)32-36-37-33(38(32)26-12-8-5-9-13-26)44-22-31(39)35-34-20-24-14-16-28(41-2)30(18-24)43-21-23-10-6-4-7-11-23/h4-20H,21-22H2,1-3H3,(H,35,39)/b34-20+.